The number of oxime groups is 1. The van der Waals surface area contributed by atoms with Gasteiger partial charge in [0.15, 0.2) is 5.84 Å². The Morgan fingerprint density at radius 1 is 1.53 bits per heavy atom. The van der Waals surface area contributed by atoms with Crippen molar-refractivity contribution >= 4 is 11.5 Å². The van der Waals surface area contributed by atoms with Gasteiger partial charge in [-0.25, -0.2) is 0 Å². The first-order valence-electron chi connectivity index (χ1n) is 6.57. The van der Waals surface area contributed by atoms with Crippen LogP contribution in [0, 0.1) is 6.92 Å². The molecule has 0 radical (unpaired) electrons. The van der Waals surface area contributed by atoms with E-state index in [2.05, 4.69) is 17.0 Å². The molecule has 19 heavy (non-hydrogen) atoms. The Balaban J connectivity index is 2.42. The first-order chi connectivity index (χ1) is 9.13. The molecule has 0 aliphatic carbocycles. The zero-order chi connectivity index (χ0) is 13.8. The minimum Gasteiger partial charge on any atom is -0.409 e. The van der Waals surface area contributed by atoms with Gasteiger partial charge in [0.2, 0.25) is 0 Å². The number of hydrogen-bond acceptors (Lipinski definition) is 4. The van der Waals surface area contributed by atoms with Crippen LogP contribution in [0.3, 0.4) is 0 Å². The van der Waals surface area contributed by atoms with E-state index in [1.165, 1.54) is 0 Å². The van der Waals surface area contributed by atoms with Gasteiger partial charge < -0.3 is 20.6 Å². The molecule has 0 amide bonds. The maximum absolute atomic E-state index is 8.93. The normalized spacial score (nSPS) is 21.3. The van der Waals surface area contributed by atoms with Crippen LogP contribution in [-0.4, -0.2) is 36.8 Å². The van der Waals surface area contributed by atoms with E-state index in [1.54, 1.807) is 0 Å². The number of ether oxygens (including phenoxy) is 1. The quantitative estimate of drug-likeness (QED) is 0.369. The molecule has 1 aliphatic rings. The summed E-state index contributed by atoms with van der Waals surface area (Å²) in [6.07, 6.45) is 1.16. The summed E-state index contributed by atoms with van der Waals surface area (Å²) in [6.45, 7) is 6.62. The maximum atomic E-state index is 8.93. The largest absolute Gasteiger partial charge is 0.409 e. The third-order valence-electron chi connectivity index (χ3n) is 3.39. The number of para-hydroxylation sites is 1. The third-order valence-corrected chi connectivity index (χ3v) is 3.39. The summed E-state index contributed by atoms with van der Waals surface area (Å²) in [7, 11) is 0. The van der Waals surface area contributed by atoms with Crippen LogP contribution in [0.15, 0.2) is 23.4 Å². The zero-order valence-electron chi connectivity index (χ0n) is 11.5. The van der Waals surface area contributed by atoms with Gasteiger partial charge in [-0.1, -0.05) is 17.3 Å². The van der Waals surface area contributed by atoms with Crippen molar-refractivity contribution in [2.45, 2.75) is 26.4 Å². The molecule has 0 bridgehead atoms. The van der Waals surface area contributed by atoms with Crippen molar-refractivity contribution in [3.05, 3.63) is 29.3 Å². The monoisotopic (exact) mass is 263 g/mol. The van der Waals surface area contributed by atoms with Gasteiger partial charge in [0.1, 0.15) is 0 Å². The molecule has 3 N–H and O–H groups in total. The Morgan fingerprint density at radius 2 is 2.32 bits per heavy atom. The summed E-state index contributed by atoms with van der Waals surface area (Å²) in [4.78, 5) is 2.26. The second kappa shape index (κ2) is 5.93. The van der Waals surface area contributed by atoms with E-state index in [4.69, 9.17) is 15.7 Å². The molecular formula is C14H21N3O2. The number of nitrogens with zero attached hydrogens (tertiary/aromatic N) is 2. The predicted octanol–water partition coefficient (Wildman–Crippen LogP) is 1.70. The van der Waals surface area contributed by atoms with Gasteiger partial charge in [0.05, 0.1) is 11.8 Å². The number of hydrogen-bond donors (Lipinski definition) is 2. The highest BCUT2D eigenvalue weighted by Crippen LogP contribution is 2.27. The van der Waals surface area contributed by atoms with Gasteiger partial charge >= 0.3 is 0 Å². The van der Waals surface area contributed by atoms with Crippen molar-refractivity contribution in [2.24, 2.45) is 10.9 Å². The molecule has 5 heteroatoms. The lowest BCUT2D eigenvalue weighted by Crippen LogP contribution is -2.32. The number of nitrogens with two attached hydrogens (primary N) is 1. The average Bonchev–Trinajstić information content (AvgIpc) is 2.62. The molecule has 1 aromatic rings. The van der Waals surface area contributed by atoms with E-state index in [-0.39, 0.29) is 11.9 Å². The third kappa shape index (κ3) is 2.98. The van der Waals surface area contributed by atoms with Crippen LogP contribution in [0.5, 0.6) is 0 Å². The molecule has 1 aliphatic heterocycles. The molecule has 0 aromatic heterocycles. The maximum Gasteiger partial charge on any atom is 0.172 e. The molecule has 2 rings (SSSR count). The van der Waals surface area contributed by atoms with E-state index >= 15 is 0 Å². The van der Waals surface area contributed by atoms with Crippen molar-refractivity contribution in [3.63, 3.8) is 0 Å². The summed E-state index contributed by atoms with van der Waals surface area (Å²) in [6, 6.07) is 5.84. The standard InChI is InChI=1S/C14H21N3O2/c1-10-5-3-6-12(14(15)16-18)13(10)17-7-4-8-19-11(2)9-17/h3,5-6,11,18H,4,7-9H2,1-2H3,(H2,15,16). The second-order valence-electron chi connectivity index (χ2n) is 4.94. The molecule has 104 valence electrons. The Kier molecular flexibility index (Phi) is 4.27. The minimum absolute atomic E-state index is 0.150. The van der Waals surface area contributed by atoms with Gasteiger partial charge in [0.25, 0.3) is 0 Å². The lowest BCUT2D eigenvalue weighted by Gasteiger charge is -2.28. The lowest BCUT2D eigenvalue weighted by atomic mass is 10.1. The van der Waals surface area contributed by atoms with E-state index < -0.39 is 0 Å². The van der Waals surface area contributed by atoms with Crippen LogP contribution < -0.4 is 10.6 Å². The Hall–Kier alpha value is -1.75. The summed E-state index contributed by atoms with van der Waals surface area (Å²) < 4.78 is 5.67. The van der Waals surface area contributed by atoms with Crippen molar-refractivity contribution in [2.75, 3.05) is 24.6 Å². The molecule has 1 fully saturated rings. The van der Waals surface area contributed by atoms with Gasteiger partial charge in [-0.15, -0.1) is 0 Å². The fourth-order valence-corrected chi connectivity index (χ4v) is 2.54. The van der Waals surface area contributed by atoms with Gasteiger partial charge in [-0.05, 0) is 31.9 Å². The van der Waals surface area contributed by atoms with Gasteiger partial charge in [0, 0.05) is 25.3 Å². The van der Waals surface area contributed by atoms with E-state index in [1.807, 2.05) is 25.1 Å². The molecule has 1 aromatic carbocycles. The summed E-state index contributed by atoms with van der Waals surface area (Å²) in [5.41, 5.74) is 8.72. The Labute approximate surface area is 113 Å². The van der Waals surface area contributed by atoms with Crippen LogP contribution in [-0.2, 0) is 4.74 Å². The molecule has 1 unspecified atom stereocenters. The highest BCUT2D eigenvalue weighted by molar-refractivity contribution is 6.02. The van der Waals surface area contributed by atoms with Crippen LogP contribution in [0.4, 0.5) is 5.69 Å². The molecule has 0 spiro atoms. The lowest BCUT2D eigenvalue weighted by molar-refractivity contribution is 0.0821. The first-order valence-corrected chi connectivity index (χ1v) is 6.57. The molecule has 1 heterocycles. The van der Waals surface area contributed by atoms with Crippen molar-refractivity contribution in [1.82, 2.24) is 0 Å². The van der Waals surface area contributed by atoms with Gasteiger partial charge in [-0.2, -0.15) is 0 Å². The summed E-state index contributed by atoms with van der Waals surface area (Å²) >= 11 is 0. The number of anilines is 1. The average molecular weight is 263 g/mol. The van der Waals surface area contributed by atoms with Crippen LogP contribution in [0.1, 0.15) is 24.5 Å². The van der Waals surface area contributed by atoms with Crippen molar-refractivity contribution in [3.8, 4) is 0 Å². The van der Waals surface area contributed by atoms with Crippen molar-refractivity contribution < 1.29 is 9.94 Å². The SMILES string of the molecule is Cc1cccc(/C(N)=N/O)c1N1CCCOC(C)C1. The van der Waals surface area contributed by atoms with E-state index in [0.29, 0.717) is 0 Å². The summed E-state index contributed by atoms with van der Waals surface area (Å²) in [5, 5.41) is 12.1. The smallest absolute Gasteiger partial charge is 0.172 e. The van der Waals surface area contributed by atoms with Crippen LogP contribution >= 0.6 is 0 Å². The molecular weight excluding hydrogens is 242 g/mol. The van der Waals surface area contributed by atoms with Crippen LogP contribution in [0.2, 0.25) is 0 Å². The van der Waals surface area contributed by atoms with E-state index in [0.717, 1.165) is 42.9 Å². The highest BCUT2D eigenvalue weighted by atomic mass is 16.5. The zero-order valence-corrected chi connectivity index (χ0v) is 11.5. The molecule has 1 atom stereocenters. The topological polar surface area (TPSA) is 71.1 Å². The predicted molar refractivity (Wildman–Crippen MR) is 75.9 cm³/mol. The highest BCUT2D eigenvalue weighted by Gasteiger charge is 2.20. The number of amidine groups is 1. The first kappa shape index (κ1) is 13.7. The van der Waals surface area contributed by atoms with Crippen LogP contribution in [0.25, 0.3) is 0 Å². The fraction of sp³-hybridized carbons (Fsp3) is 0.500. The van der Waals surface area contributed by atoms with E-state index in [9.17, 15) is 0 Å². The Bertz CT molecular complexity index is 474. The number of benzene rings is 1. The van der Waals surface area contributed by atoms with Gasteiger partial charge in [-0.3, -0.25) is 0 Å². The summed E-state index contributed by atoms with van der Waals surface area (Å²) in [5.74, 6) is 0.150. The number of rotatable bonds is 2. The molecule has 1 saturated heterocycles. The number of aryl methyl sites for hydroxylation is 1. The fourth-order valence-electron chi connectivity index (χ4n) is 2.54. The molecule has 5 nitrogen and oxygen atoms in total. The second-order valence-corrected chi connectivity index (χ2v) is 4.94. The van der Waals surface area contributed by atoms with Crippen molar-refractivity contribution in [1.29, 1.82) is 0 Å². The molecule has 0 saturated carbocycles. The minimum atomic E-state index is 0.150. The Morgan fingerprint density at radius 3 is 3.05 bits per heavy atom.